The third-order valence-corrected chi connectivity index (χ3v) is 10.3. The number of fused-ring (bicyclic) bond motifs is 3. The zero-order valence-electron chi connectivity index (χ0n) is 26.4. The van der Waals surface area contributed by atoms with Gasteiger partial charge in [-0.1, -0.05) is 35.6 Å². The quantitative estimate of drug-likeness (QED) is 0.113. The standard InChI is InChI=1S/C35H28N8O5S2/c44-34(41-33-39-26-6-1-2-7-28(26)50-33)42-15-3-5-21-9-10-22(17-27(21)42)32-40-31(48-35(45)46)29(49-32)8-4-16-47-25-13-11-24(12-14-25)43-30-23(19-38-43)18-36-20-37-30/h1-2,6-7,9-14,17-20H,3-5,8,15-16H2,(H,45,46)(H,39,41,44). The minimum absolute atomic E-state index is 0.0558. The van der Waals surface area contributed by atoms with E-state index in [0.29, 0.717) is 46.8 Å². The van der Waals surface area contributed by atoms with Gasteiger partial charge in [0.05, 0.1) is 39.0 Å². The summed E-state index contributed by atoms with van der Waals surface area (Å²) in [5.74, 6) is 0.748. The molecule has 5 heterocycles. The number of aromatic nitrogens is 6. The average molecular weight is 705 g/mol. The molecule has 0 unspecified atom stereocenters. The van der Waals surface area contributed by atoms with Crippen molar-refractivity contribution in [3.63, 3.8) is 0 Å². The lowest BCUT2D eigenvalue weighted by atomic mass is 10.00. The van der Waals surface area contributed by atoms with Gasteiger partial charge in [-0.2, -0.15) is 5.10 Å². The summed E-state index contributed by atoms with van der Waals surface area (Å²) in [6, 6.07) is 20.9. The molecule has 4 aromatic heterocycles. The van der Waals surface area contributed by atoms with Gasteiger partial charge < -0.3 is 14.6 Å². The topological polar surface area (TPSA) is 157 Å². The van der Waals surface area contributed by atoms with Crippen molar-refractivity contribution < 1.29 is 24.2 Å². The van der Waals surface area contributed by atoms with E-state index in [4.69, 9.17) is 9.47 Å². The fourth-order valence-corrected chi connectivity index (χ4v) is 7.74. The Balaban J connectivity index is 0.947. The van der Waals surface area contributed by atoms with E-state index in [2.05, 4.69) is 30.4 Å². The molecule has 50 heavy (non-hydrogen) atoms. The van der Waals surface area contributed by atoms with E-state index >= 15 is 0 Å². The summed E-state index contributed by atoms with van der Waals surface area (Å²) in [5, 5.41) is 18.8. The van der Waals surface area contributed by atoms with E-state index < -0.39 is 6.16 Å². The lowest BCUT2D eigenvalue weighted by molar-refractivity contribution is 0.142. The maximum atomic E-state index is 13.5. The number of para-hydroxylation sites is 1. The smallest absolute Gasteiger partial charge is 0.494 e. The zero-order valence-corrected chi connectivity index (χ0v) is 28.0. The predicted octanol–water partition coefficient (Wildman–Crippen LogP) is 7.60. The highest BCUT2D eigenvalue weighted by Crippen LogP contribution is 2.38. The number of carboxylic acid groups (broad SMARTS) is 1. The van der Waals surface area contributed by atoms with Gasteiger partial charge in [0.1, 0.15) is 17.1 Å². The highest BCUT2D eigenvalue weighted by atomic mass is 32.1. The summed E-state index contributed by atoms with van der Waals surface area (Å²) in [6.07, 6.45) is 6.28. The molecular formula is C35H28N8O5S2. The van der Waals surface area contributed by atoms with E-state index in [-0.39, 0.29) is 11.9 Å². The van der Waals surface area contributed by atoms with E-state index in [1.54, 1.807) is 22.0 Å². The number of benzene rings is 3. The van der Waals surface area contributed by atoms with Crippen molar-refractivity contribution in [2.45, 2.75) is 25.7 Å². The molecule has 0 bridgehead atoms. The molecule has 0 aliphatic carbocycles. The fourth-order valence-electron chi connectivity index (χ4n) is 5.86. The monoisotopic (exact) mass is 704 g/mol. The second-order valence-corrected chi connectivity index (χ2v) is 13.5. The first-order valence-corrected chi connectivity index (χ1v) is 17.5. The molecule has 2 N–H and O–H groups in total. The number of hydrogen-bond donors (Lipinski definition) is 2. The molecule has 0 saturated heterocycles. The second kappa shape index (κ2) is 13.5. The Morgan fingerprint density at radius 1 is 1.00 bits per heavy atom. The number of amides is 2. The molecule has 7 aromatic rings. The van der Waals surface area contributed by atoms with Crippen LogP contribution in [0.4, 0.5) is 20.4 Å². The van der Waals surface area contributed by atoms with Crippen LogP contribution in [-0.4, -0.2) is 60.2 Å². The number of anilines is 2. The number of nitrogens with zero attached hydrogens (tertiary/aromatic N) is 7. The van der Waals surface area contributed by atoms with E-state index in [1.807, 2.05) is 66.7 Å². The van der Waals surface area contributed by atoms with Crippen LogP contribution in [0.5, 0.6) is 11.6 Å². The largest absolute Gasteiger partial charge is 0.512 e. The molecule has 0 atom stereocenters. The molecule has 15 heteroatoms. The number of ether oxygens (including phenoxy) is 2. The molecule has 8 rings (SSSR count). The lowest BCUT2D eigenvalue weighted by Crippen LogP contribution is -2.38. The van der Waals surface area contributed by atoms with Crippen LogP contribution in [0.1, 0.15) is 23.3 Å². The minimum Gasteiger partial charge on any atom is -0.494 e. The highest BCUT2D eigenvalue weighted by Gasteiger charge is 2.25. The molecule has 0 spiro atoms. The zero-order chi connectivity index (χ0) is 34.0. The summed E-state index contributed by atoms with van der Waals surface area (Å²) in [5.41, 5.74) is 5.01. The van der Waals surface area contributed by atoms with Crippen molar-refractivity contribution in [2.24, 2.45) is 0 Å². The van der Waals surface area contributed by atoms with Crippen molar-refractivity contribution in [3.8, 4) is 27.9 Å². The number of nitrogens with one attached hydrogen (secondary N) is 1. The molecule has 2 amide bonds. The Morgan fingerprint density at radius 3 is 2.74 bits per heavy atom. The molecule has 0 fully saturated rings. The summed E-state index contributed by atoms with van der Waals surface area (Å²) in [7, 11) is 0. The first kappa shape index (κ1) is 31.3. The van der Waals surface area contributed by atoms with Crippen molar-refractivity contribution >= 4 is 66.9 Å². The first-order valence-electron chi connectivity index (χ1n) is 15.8. The highest BCUT2D eigenvalue weighted by molar-refractivity contribution is 7.22. The van der Waals surface area contributed by atoms with Crippen LogP contribution in [0.2, 0.25) is 0 Å². The molecule has 1 aliphatic heterocycles. The molecule has 0 saturated carbocycles. The third-order valence-electron chi connectivity index (χ3n) is 8.18. The Bertz CT molecular complexity index is 2320. The Labute approximate surface area is 292 Å². The van der Waals surface area contributed by atoms with E-state index in [9.17, 15) is 14.7 Å². The van der Waals surface area contributed by atoms with Crippen molar-refractivity contribution in [2.75, 3.05) is 23.4 Å². The maximum absolute atomic E-state index is 13.5. The van der Waals surface area contributed by atoms with Gasteiger partial charge in [-0.15, -0.1) is 11.3 Å². The van der Waals surface area contributed by atoms with E-state index in [0.717, 1.165) is 56.6 Å². The number of thiazole rings is 2. The van der Waals surface area contributed by atoms with Crippen LogP contribution < -0.4 is 19.7 Å². The SMILES string of the molecule is O=C(O)Oc1nc(-c2ccc3c(c2)N(C(=O)Nc2nc4ccccc4s2)CCC3)sc1CCCOc1ccc(-n2ncc3cncnc32)cc1. The summed E-state index contributed by atoms with van der Waals surface area (Å²) in [4.78, 5) is 44.9. The molecule has 250 valence electrons. The number of carbonyl (C=O) groups excluding carboxylic acids is 1. The third kappa shape index (κ3) is 6.43. The Hall–Kier alpha value is -5.93. The van der Waals surface area contributed by atoms with Gasteiger partial charge in [0.15, 0.2) is 10.8 Å². The van der Waals surface area contributed by atoms with Gasteiger partial charge >= 0.3 is 12.2 Å². The molecule has 0 radical (unpaired) electrons. The normalized spacial score (nSPS) is 12.6. The van der Waals surface area contributed by atoms with Crippen LogP contribution in [0, 0.1) is 0 Å². The lowest BCUT2D eigenvalue weighted by Gasteiger charge is -2.29. The van der Waals surface area contributed by atoms with Gasteiger partial charge in [-0.3, -0.25) is 10.2 Å². The van der Waals surface area contributed by atoms with Crippen molar-refractivity contribution in [1.82, 2.24) is 29.7 Å². The molecule has 1 aliphatic rings. The van der Waals surface area contributed by atoms with Gasteiger partial charge in [0, 0.05) is 24.0 Å². The number of carbonyl (C=O) groups is 2. The maximum Gasteiger partial charge on any atom is 0.512 e. The Kier molecular flexibility index (Phi) is 8.48. The molecule has 3 aromatic carbocycles. The van der Waals surface area contributed by atoms with Crippen LogP contribution in [-0.2, 0) is 12.8 Å². The average Bonchev–Trinajstić information content (AvgIpc) is 3.86. The number of aryl methyl sites for hydroxylation is 2. The number of urea groups is 1. The number of rotatable bonds is 9. The summed E-state index contributed by atoms with van der Waals surface area (Å²) in [6.45, 7) is 0.954. The first-order chi connectivity index (χ1) is 24.5. The van der Waals surface area contributed by atoms with Crippen LogP contribution in [0.25, 0.3) is 37.5 Å². The van der Waals surface area contributed by atoms with Crippen LogP contribution >= 0.6 is 22.7 Å². The van der Waals surface area contributed by atoms with Gasteiger partial charge in [0.25, 0.3) is 0 Å². The van der Waals surface area contributed by atoms with E-state index in [1.165, 1.54) is 29.0 Å². The van der Waals surface area contributed by atoms with Crippen LogP contribution in [0.15, 0.2) is 85.5 Å². The van der Waals surface area contributed by atoms with Gasteiger partial charge in [-0.05, 0) is 73.7 Å². The fraction of sp³-hybridized carbons (Fsp3) is 0.171. The summed E-state index contributed by atoms with van der Waals surface area (Å²) < 4.78 is 13.8. The van der Waals surface area contributed by atoms with Crippen molar-refractivity contribution in [3.05, 3.63) is 95.9 Å². The van der Waals surface area contributed by atoms with Gasteiger partial charge in [0.2, 0.25) is 5.88 Å². The molecular weight excluding hydrogens is 677 g/mol. The minimum atomic E-state index is -1.43. The second-order valence-electron chi connectivity index (χ2n) is 11.4. The van der Waals surface area contributed by atoms with Gasteiger partial charge in [-0.25, -0.2) is 34.2 Å². The summed E-state index contributed by atoms with van der Waals surface area (Å²) >= 11 is 2.80. The molecule has 13 nitrogen and oxygen atoms in total. The number of hydrogen-bond acceptors (Lipinski definition) is 11. The van der Waals surface area contributed by atoms with Crippen LogP contribution in [0.3, 0.4) is 0 Å². The van der Waals surface area contributed by atoms with Crippen molar-refractivity contribution in [1.29, 1.82) is 0 Å². The predicted molar refractivity (Wildman–Crippen MR) is 191 cm³/mol. The Morgan fingerprint density at radius 2 is 1.88 bits per heavy atom.